The molecule has 3 aromatic rings. The molecular formula is C20H20F3N3. The SMILES string of the molecule is Cc1ncc(CNc2ccc(CCC(F)(F)F)cc2)n1-c1ccccc1. The highest BCUT2D eigenvalue weighted by Crippen LogP contribution is 2.23. The maximum Gasteiger partial charge on any atom is 0.389 e. The maximum atomic E-state index is 12.3. The van der Waals surface area contributed by atoms with Crippen LogP contribution in [0.3, 0.4) is 0 Å². The number of rotatable bonds is 6. The Hall–Kier alpha value is -2.76. The smallest absolute Gasteiger partial charge is 0.379 e. The number of hydrogen-bond donors (Lipinski definition) is 1. The third kappa shape index (κ3) is 4.65. The molecule has 0 saturated heterocycles. The molecule has 1 aromatic heterocycles. The second kappa shape index (κ2) is 7.64. The zero-order valence-electron chi connectivity index (χ0n) is 14.4. The molecular weight excluding hydrogens is 339 g/mol. The van der Waals surface area contributed by atoms with Gasteiger partial charge in [0.2, 0.25) is 0 Å². The first-order valence-corrected chi connectivity index (χ1v) is 8.40. The molecule has 0 aliphatic heterocycles. The van der Waals surface area contributed by atoms with Crippen molar-refractivity contribution in [2.24, 2.45) is 0 Å². The van der Waals surface area contributed by atoms with Gasteiger partial charge in [0, 0.05) is 17.8 Å². The number of aryl methyl sites for hydroxylation is 2. The Morgan fingerprint density at radius 2 is 1.69 bits per heavy atom. The van der Waals surface area contributed by atoms with Gasteiger partial charge in [-0.3, -0.25) is 4.57 Å². The molecule has 2 aromatic carbocycles. The Balaban J connectivity index is 1.65. The number of nitrogens with one attached hydrogen (secondary N) is 1. The summed E-state index contributed by atoms with van der Waals surface area (Å²) in [6.07, 6.45) is -3.09. The highest BCUT2D eigenvalue weighted by Gasteiger charge is 2.26. The van der Waals surface area contributed by atoms with E-state index >= 15 is 0 Å². The van der Waals surface area contributed by atoms with Crippen LogP contribution in [0.1, 0.15) is 23.5 Å². The molecule has 1 N–H and O–H groups in total. The molecule has 0 aliphatic rings. The van der Waals surface area contributed by atoms with Crippen molar-refractivity contribution in [1.82, 2.24) is 9.55 Å². The van der Waals surface area contributed by atoms with Gasteiger partial charge in [0.05, 0.1) is 18.4 Å². The maximum absolute atomic E-state index is 12.3. The summed E-state index contributed by atoms with van der Waals surface area (Å²) in [5.74, 6) is 0.899. The van der Waals surface area contributed by atoms with Crippen LogP contribution in [0.4, 0.5) is 18.9 Å². The molecule has 0 spiro atoms. The van der Waals surface area contributed by atoms with Crippen LogP contribution in [0.2, 0.25) is 0 Å². The minimum atomic E-state index is -4.12. The fourth-order valence-corrected chi connectivity index (χ4v) is 2.81. The number of halogens is 3. The van der Waals surface area contributed by atoms with Gasteiger partial charge < -0.3 is 5.32 Å². The number of aromatic nitrogens is 2. The van der Waals surface area contributed by atoms with Crippen LogP contribution in [0.5, 0.6) is 0 Å². The molecule has 3 nitrogen and oxygen atoms in total. The van der Waals surface area contributed by atoms with E-state index in [1.165, 1.54) is 0 Å². The number of anilines is 1. The average Bonchev–Trinajstić information content (AvgIpc) is 3.00. The zero-order valence-corrected chi connectivity index (χ0v) is 14.4. The largest absolute Gasteiger partial charge is 0.389 e. The number of para-hydroxylation sites is 1. The van der Waals surface area contributed by atoms with Crippen LogP contribution in [-0.4, -0.2) is 15.7 Å². The molecule has 0 unspecified atom stereocenters. The summed E-state index contributed by atoms with van der Waals surface area (Å²) < 4.78 is 38.9. The number of benzene rings is 2. The van der Waals surface area contributed by atoms with E-state index in [1.807, 2.05) is 55.6 Å². The first-order chi connectivity index (χ1) is 12.4. The van der Waals surface area contributed by atoms with Crippen molar-refractivity contribution in [1.29, 1.82) is 0 Å². The third-order valence-electron chi connectivity index (χ3n) is 4.15. The molecule has 1 heterocycles. The average molecular weight is 359 g/mol. The van der Waals surface area contributed by atoms with Crippen LogP contribution >= 0.6 is 0 Å². The Bertz CT molecular complexity index is 837. The van der Waals surface area contributed by atoms with Crippen LogP contribution in [0.25, 0.3) is 5.69 Å². The minimum absolute atomic E-state index is 0.00372. The Morgan fingerprint density at radius 1 is 1.00 bits per heavy atom. The first kappa shape index (κ1) is 18.0. The number of nitrogens with zero attached hydrogens (tertiary/aromatic N) is 2. The molecule has 0 fully saturated rings. The lowest BCUT2D eigenvalue weighted by atomic mass is 10.1. The van der Waals surface area contributed by atoms with Crippen molar-refractivity contribution in [3.05, 3.63) is 77.9 Å². The number of hydrogen-bond acceptors (Lipinski definition) is 2. The van der Waals surface area contributed by atoms with Crippen LogP contribution in [-0.2, 0) is 13.0 Å². The molecule has 6 heteroatoms. The Morgan fingerprint density at radius 3 is 2.35 bits per heavy atom. The summed E-state index contributed by atoms with van der Waals surface area (Å²) >= 11 is 0. The minimum Gasteiger partial charge on any atom is -0.379 e. The summed E-state index contributed by atoms with van der Waals surface area (Å²) in [4.78, 5) is 4.38. The molecule has 0 bridgehead atoms. The van der Waals surface area contributed by atoms with E-state index in [9.17, 15) is 13.2 Å². The van der Waals surface area contributed by atoms with Gasteiger partial charge in [-0.2, -0.15) is 13.2 Å². The second-order valence-corrected chi connectivity index (χ2v) is 6.13. The highest BCUT2D eigenvalue weighted by molar-refractivity contribution is 5.45. The number of alkyl halides is 3. The van der Waals surface area contributed by atoms with Gasteiger partial charge in [-0.15, -0.1) is 0 Å². The van der Waals surface area contributed by atoms with E-state index in [0.717, 1.165) is 22.9 Å². The lowest BCUT2D eigenvalue weighted by Gasteiger charge is -2.12. The van der Waals surface area contributed by atoms with Gasteiger partial charge in [0.25, 0.3) is 0 Å². The van der Waals surface area contributed by atoms with Gasteiger partial charge in [0.1, 0.15) is 5.82 Å². The van der Waals surface area contributed by atoms with Crippen molar-refractivity contribution in [3.63, 3.8) is 0 Å². The fraction of sp³-hybridized carbons (Fsp3) is 0.250. The normalized spacial score (nSPS) is 11.5. The van der Waals surface area contributed by atoms with Gasteiger partial charge in [-0.25, -0.2) is 4.98 Å². The lowest BCUT2D eigenvalue weighted by molar-refractivity contribution is -0.133. The predicted octanol–water partition coefficient (Wildman–Crippen LogP) is 5.29. The van der Waals surface area contributed by atoms with Crippen LogP contribution in [0.15, 0.2) is 60.8 Å². The Labute approximate surface area is 150 Å². The molecule has 0 amide bonds. The highest BCUT2D eigenvalue weighted by atomic mass is 19.4. The van der Waals surface area contributed by atoms with Crippen LogP contribution in [0, 0.1) is 6.92 Å². The Kier molecular flexibility index (Phi) is 5.30. The molecule has 0 radical (unpaired) electrons. The summed E-state index contributed by atoms with van der Waals surface area (Å²) in [5, 5.41) is 3.30. The molecule has 3 rings (SSSR count). The van der Waals surface area contributed by atoms with E-state index in [0.29, 0.717) is 12.1 Å². The second-order valence-electron chi connectivity index (χ2n) is 6.13. The van der Waals surface area contributed by atoms with Gasteiger partial charge >= 0.3 is 6.18 Å². The fourth-order valence-electron chi connectivity index (χ4n) is 2.81. The lowest BCUT2D eigenvalue weighted by Crippen LogP contribution is -2.09. The van der Waals surface area contributed by atoms with Crippen LogP contribution < -0.4 is 5.32 Å². The summed E-state index contributed by atoms with van der Waals surface area (Å²) in [6.45, 7) is 2.52. The van der Waals surface area contributed by atoms with Crippen molar-refractivity contribution in [2.45, 2.75) is 32.5 Å². The topological polar surface area (TPSA) is 29.9 Å². The van der Waals surface area contributed by atoms with E-state index in [4.69, 9.17) is 0 Å². The summed E-state index contributed by atoms with van der Waals surface area (Å²) in [6, 6.07) is 17.0. The third-order valence-corrected chi connectivity index (χ3v) is 4.15. The van der Waals surface area contributed by atoms with Crippen molar-refractivity contribution in [3.8, 4) is 5.69 Å². The van der Waals surface area contributed by atoms with E-state index < -0.39 is 12.6 Å². The molecule has 0 atom stereocenters. The number of imidazole rings is 1. The quantitative estimate of drug-likeness (QED) is 0.648. The van der Waals surface area contributed by atoms with Crippen molar-refractivity contribution in [2.75, 3.05) is 5.32 Å². The van der Waals surface area contributed by atoms with Gasteiger partial charge in [0.15, 0.2) is 0 Å². The van der Waals surface area contributed by atoms with E-state index in [2.05, 4.69) is 14.9 Å². The van der Waals surface area contributed by atoms with E-state index in [1.54, 1.807) is 12.1 Å². The van der Waals surface area contributed by atoms with Gasteiger partial charge in [-0.05, 0) is 43.2 Å². The van der Waals surface area contributed by atoms with Crippen molar-refractivity contribution >= 4 is 5.69 Å². The monoisotopic (exact) mass is 359 g/mol. The molecule has 0 saturated carbocycles. The van der Waals surface area contributed by atoms with E-state index in [-0.39, 0.29) is 6.42 Å². The first-order valence-electron chi connectivity index (χ1n) is 8.40. The predicted molar refractivity (Wildman–Crippen MR) is 96.4 cm³/mol. The summed E-state index contributed by atoms with van der Waals surface area (Å²) in [7, 11) is 0. The summed E-state index contributed by atoms with van der Waals surface area (Å²) in [5.41, 5.74) is 3.59. The standard InChI is InChI=1S/C20H20F3N3/c1-15-24-13-19(26(15)18-5-3-2-4-6-18)14-25-17-9-7-16(8-10-17)11-12-20(21,22)23/h2-10,13,25H,11-12,14H2,1H3. The molecule has 26 heavy (non-hydrogen) atoms. The molecule has 0 aliphatic carbocycles. The molecule has 136 valence electrons. The van der Waals surface area contributed by atoms with Gasteiger partial charge in [-0.1, -0.05) is 30.3 Å². The zero-order chi connectivity index (χ0) is 18.6. The van der Waals surface area contributed by atoms with Crippen molar-refractivity contribution < 1.29 is 13.2 Å².